The summed E-state index contributed by atoms with van der Waals surface area (Å²) in [7, 11) is 4.36. The van der Waals surface area contributed by atoms with Gasteiger partial charge in [0.05, 0.1) is 0 Å². The average molecular weight is 225 g/mol. The Labute approximate surface area is 100 Å². The van der Waals surface area contributed by atoms with E-state index in [2.05, 4.69) is 43.1 Å². The van der Waals surface area contributed by atoms with Crippen molar-refractivity contribution in [3.8, 4) is 0 Å². The molecule has 16 heavy (non-hydrogen) atoms. The summed E-state index contributed by atoms with van der Waals surface area (Å²) in [6.07, 6.45) is 2.87. The van der Waals surface area contributed by atoms with Crippen molar-refractivity contribution in [1.82, 2.24) is 15.1 Å². The fraction of sp³-hybridized carbons (Fsp3) is 1.00. The maximum atomic E-state index is 3.49. The van der Waals surface area contributed by atoms with Crippen LogP contribution in [-0.2, 0) is 0 Å². The van der Waals surface area contributed by atoms with Gasteiger partial charge in [0.25, 0.3) is 0 Å². The third kappa shape index (κ3) is 2.76. The first-order valence-corrected chi connectivity index (χ1v) is 6.64. The molecule has 1 atom stereocenters. The molecule has 0 aromatic heterocycles. The second-order valence-electron chi connectivity index (χ2n) is 6.20. The minimum absolute atomic E-state index is 0.333. The fourth-order valence-corrected chi connectivity index (χ4v) is 2.75. The number of hydrogen-bond acceptors (Lipinski definition) is 3. The van der Waals surface area contributed by atoms with E-state index in [1.807, 2.05) is 0 Å². The molecule has 0 aromatic rings. The molecule has 0 aromatic carbocycles. The largest absolute Gasteiger partial charge is 0.315 e. The highest BCUT2D eigenvalue weighted by Gasteiger charge is 2.35. The van der Waals surface area contributed by atoms with Gasteiger partial charge in [-0.15, -0.1) is 0 Å². The highest BCUT2D eigenvalue weighted by molar-refractivity contribution is 4.92. The van der Waals surface area contributed by atoms with Gasteiger partial charge in [0.2, 0.25) is 0 Å². The van der Waals surface area contributed by atoms with Crippen molar-refractivity contribution < 1.29 is 0 Å². The Morgan fingerprint density at radius 2 is 2.00 bits per heavy atom. The molecule has 1 unspecified atom stereocenters. The van der Waals surface area contributed by atoms with Crippen molar-refractivity contribution >= 4 is 0 Å². The molecule has 1 heterocycles. The molecular formula is C13H27N3. The van der Waals surface area contributed by atoms with Gasteiger partial charge in [0, 0.05) is 37.8 Å². The van der Waals surface area contributed by atoms with E-state index >= 15 is 0 Å². The number of nitrogens with one attached hydrogen (secondary N) is 1. The van der Waals surface area contributed by atoms with Crippen LogP contribution in [0.4, 0.5) is 0 Å². The number of hydrogen-bond donors (Lipinski definition) is 1. The monoisotopic (exact) mass is 225 g/mol. The van der Waals surface area contributed by atoms with Gasteiger partial charge in [0.15, 0.2) is 0 Å². The molecule has 1 aliphatic carbocycles. The first kappa shape index (κ1) is 12.3. The van der Waals surface area contributed by atoms with E-state index in [1.54, 1.807) is 0 Å². The summed E-state index contributed by atoms with van der Waals surface area (Å²) in [5, 5.41) is 3.49. The Balaban J connectivity index is 1.85. The second kappa shape index (κ2) is 4.63. The number of nitrogens with zero attached hydrogens (tertiary/aromatic N) is 2. The van der Waals surface area contributed by atoms with Crippen molar-refractivity contribution in [2.75, 3.05) is 40.3 Å². The molecule has 2 fully saturated rings. The number of likely N-dealkylation sites (N-methyl/N-ethyl adjacent to an activating group) is 2. The number of piperazine rings is 1. The molecule has 3 heteroatoms. The lowest BCUT2D eigenvalue weighted by Crippen LogP contribution is -2.59. The van der Waals surface area contributed by atoms with Crippen LogP contribution in [0.1, 0.15) is 26.7 Å². The lowest BCUT2D eigenvalue weighted by atomic mass is 9.99. The van der Waals surface area contributed by atoms with E-state index in [0.717, 1.165) is 12.0 Å². The Bertz CT molecular complexity index is 235. The van der Waals surface area contributed by atoms with Gasteiger partial charge in [0.1, 0.15) is 0 Å². The zero-order chi connectivity index (χ0) is 11.8. The van der Waals surface area contributed by atoms with Crippen molar-refractivity contribution in [2.45, 2.75) is 38.3 Å². The lowest BCUT2D eigenvalue weighted by molar-refractivity contribution is 0.0344. The molecule has 0 radical (unpaired) electrons. The number of rotatable bonds is 4. The predicted molar refractivity (Wildman–Crippen MR) is 68.7 cm³/mol. The van der Waals surface area contributed by atoms with Crippen LogP contribution in [0.5, 0.6) is 0 Å². The van der Waals surface area contributed by atoms with Crippen LogP contribution in [0.3, 0.4) is 0 Å². The topological polar surface area (TPSA) is 18.5 Å². The standard InChI is InChI=1S/C13H27N3/c1-13(2)10-16(8-7-15(13)4)9-12(14-3)11-5-6-11/h11-12,14H,5-10H2,1-4H3. The highest BCUT2D eigenvalue weighted by atomic mass is 15.3. The summed E-state index contributed by atoms with van der Waals surface area (Å²) >= 11 is 0. The van der Waals surface area contributed by atoms with Gasteiger partial charge in [-0.1, -0.05) is 0 Å². The first-order chi connectivity index (χ1) is 7.53. The Morgan fingerprint density at radius 1 is 1.31 bits per heavy atom. The van der Waals surface area contributed by atoms with Gasteiger partial charge >= 0.3 is 0 Å². The van der Waals surface area contributed by atoms with Crippen LogP contribution in [0, 0.1) is 5.92 Å². The second-order valence-corrected chi connectivity index (χ2v) is 6.20. The van der Waals surface area contributed by atoms with Crippen LogP contribution in [0.25, 0.3) is 0 Å². The Morgan fingerprint density at radius 3 is 2.50 bits per heavy atom. The molecule has 0 spiro atoms. The minimum Gasteiger partial charge on any atom is -0.315 e. The lowest BCUT2D eigenvalue weighted by Gasteiger charge is -2.46. The van der Waals surface area contributed by atoms with E-state index < -0.39 is 0 Å². The molecule has 1 aliphatic heterocycles. The molecule has 1 saturated carbocycles. The third-order valence-electron chi connectivity index (χ3n) is 4.41. The molecule has 0 amide bonds. The van der Waals surface area contributed by atoms with Gasteiger partial charge in [-0.3, -0.25) is 9.80 Å². The van der Waals surface area contributed by atoms with E-state index in [9.17, 15) is 0 Å². The molecule has 94 valence electrons. The molecular weight excluding hydrogens is 198 g/mol. The predicted octanol–water partition coefficient (Wildman–Crippen LogP) is 1.01. The SMILES string of the molecule is CNC(CN1CCN(C)C(C)(C)C1)C1CC1. The average Bonchev–Trinajstić information content (AvgIpc) is 3.03. The third-order valence-corrected chi connectivity index (χ3v) is 4.41. The van der Waals surface area contributed by atoms with Gasteiger partial charge in [-0.25, -0.2) is 0 Å². The van der Waals surface area contributed by atoms with E-state index in [0.29, 0.717) is 5.54 Å². The Hall–Kier alpha value is -0.120. The highest BCUT2D eigenvalue weighted by Crippen LogP contribution is 2.33. The summed E-state index contributed by atoms with van der Waals surface area (Å²) in [4.78, 5) is 5.12. The van der Waals surface area contributed by atoms with E-state index in [4.69, 9.17) is 0 Å². The van der Waals surface area contributed by atoms with Crippen molar-refractivity contribution in [1.29, 1.82) is 0 Å². The van der Waals surface area contributed by atoms with Gasteiger partial charge < -0.3 is 5.32 Å². The van der Waals surface area contributed by atoms with Crippen molar-refractivity contribution in [3.63, 3.8) is 0 Å². The molecule has 3 nitrogen and oxygen atoms in total. The summed E-state index contributed by atoms with van der Waals surface area (Å²) in [5.74, 6) is 0.952. The molecule has 2 rings (SSSR count). The van der Waals surface area contributed by atoms with Crippen molar-refractivity contribution in [2.24, 2.45) is 5.92 Å². The van der Waals surface area contributed by atoms with Gasteiger partial charge in [-0.05, 0) is 46.7 Å². The van der Waals surface area contributed by atoms with Crippen LogP contribution in [-0.4, -0.2) is 61.7 Å². The summed E-state index contributed by atoms with van der Waals surface area (Å²) in [5.41, 5.74) is 0.333. The fourth-order valence-electron chi connectivity index (χ4n) is 2.75. The maximum absolute atomic E-state index is 3.49. The van der Waals surface area contributed by atoms with Crippen LogP contribution >= 0.6 is 0 Å². The van der Waals surface area contributed by atoms with Gasteiger partial charge in [-0.2, -0.15) is 0 Å². The summed E-state index contributed by atoms with van der Waals surface area (Å²) < 4.78 is 0. The first-order valence-electron chi connectivity index (χ1n) is 6.64. The molecule has 2 aliphatic rings. The quantitative estimate of drug-likeness (QED) is 0.770. The maximum Gasteiger partial charge on any atom is 0.0277 e. The smallest absolute Gasteiger partial charge is 0.0277 e. The Kier molecular flexibility index (Phi) is 3.57. The summed E-state index contributed by atoms with van der Waals surface area (Å²) in [6.45, 7) is 9.57. The van der Waals surface area contributed by atoms with Crippen molar-refractivity contribution in [3.05, 3.63) is 0 Å². The summed E-state index contributed by atoms with van der Waals surface area (Å²) in [6, 6.07) is 0.721. The van der Waals surface area contributed by atoms with Crippen LogP contribution in [0.15, 0.2) is 0 Å². The molecule has 1 N–H and O–H groups in total. The van der Waals surface area contributed by atoms with Crippen LogP contribution in [0.2, 0.25) is 0 Å². The van der Waals surface area contributed by atoms with E-state index in [-0.39, 0.29) is 0 Å². The zero-order valence-electron chi connectivity index (χ0n) is 11.3. The van der Waals surface area contributed by atoms with E-state index in [1.165, 1.54) is 39.0 Å². The minimum atomic E-state index is 0.333. The normalized spacial score (nSPS) is 29.2. The molecule has 0 bridgehead atoms. The van der Waals surface area contributed by atoms with Crippen LogP contribution < -0.4 is 5.32 Å². The zero-order valence-corrected chi connectivity index (χ0v) is 11.3. The molecule has 1 saturated heterocycles.